The van der Waals surface area contributed by atoms with Crippen molar-refractivity contribution in [2.24, 2.45) is 0 Å². The maximum Gasteiger partial charge on any atom is 0.267 e. The van der Waals surface area contributed by atoms with Crippen LogP contribution in [0.1, 0.15) is 5.56 Å². The average molecular weight is 313 g/mol. The van der Waals surface area contributed by atoms with Gasteiger partial charge in [-0.05, 0) is 40.6 Å². The summed E-state index contributed by atoms with van der Waals surface area (Å²) in [5.74, 6) is 0. The molecule has 0 amide bonds. The molecular formula is C20H15N3O. The van der Waals surface area contributed by atoms with Crippen molar-refractivity contribution in [2.75, 3.05) is 0 Å². The van der Waals surface area contributed by atoms with Gasteiger partial charge in [-0.1, -0.05) is 36.4 Å². The molecule has 0 spiro atoms. The standard InChI is InChI=1S/C20H15N3O/c24-20-8-7-19(22-23(20)14-15-9-11-21-12-10-15)18-6-5-16-3-1-2-4-17(16)13-18/h1-13H,14H2. The highest BCUT2D eigenvalue weighted by Crippen LogP contribution is 2.22. The first-order valence-electron chi connectivity index (χ1n) is 7.76. The van der Waals surface area contributed by atoms with Crippen molar-refractivity contribution >= 4 is 10.8 Å². The Labute approximate surface area is 139 Å². The average Bonchev–Trinajstić information content (AvgIpc) is 2.64. The molecule has 2 aromatic carbocycles. The summed E-state index contributed by atoms with van der Waals surface area (Å²) in [5.41, 5.74) is 2.67. The Morgan fingerprint density at radius 3 is 2.46 bits per heavy atom. The molecule has 0 unspecified atom stereocenters. The first kappa shape index (κ1) is 14.3. The van der Waals surface area contributed by atoms with Crippen molar-refractivity contribution in [3.8, 4) is 11.3 Å². The quantitative estimate of drug-likeness (QED) is 0.581. The molecule has 116 valence electrons. The number of hydrogen-bond donors (Lipinski definition) is 0. The summed E-state index contributed by atoms with van der Waals surface area (Å²) in [6.45, 7) is 0.433. The fourth-order valence-corrected chi connectivity index (χ4v) is 2.73. The molecule has 0 radical (unpaired) electrons. The van der Waals surface area contributed by atoms with Crippen LogP contribution in [0.15, 0.2) is 83.9 Å². The molecule has 4 rings (SSSR count). The van der Waals surface area contributed by atoms with E-state index in [1.807, 2.05) is 30.3 Å². The highest BCUT2D eigenvalue weighted by molar-refractivity contribution is 5.86. The van der Waals surface area contributed by atoms with Gasteiger partial charge in [-0.15, -0.1) is 0 Å². The molecule has 0 atom stereocenters. The van der Waals surface area contributed by atoms with Crippen LogP contribution in [-0.2, 0) is 6.54 Å². The van der Waals surface area contributed by atoms with Crippen molar-refractivity contribution in [3.63, 3.8) is 0 Å². The summed E-state index contributed by atoms with van der Waals surface area (Å²) in [6, 6.07) is 21.5. The van der Waals surface area contributed by atoms with Crippen molar-refractivity contribution in [2.45, 2.75) is 6.54 Å². The molecule has 2 aromatic heterocycles. The molecule has 24 heavy (non-hydrogen) atoms. The van der Waals surface area contributed by atoms with E-state index in [0.29, 0.717) is 6.54 Å². The van der Waals surface area contributed by atoms with Gasteiger partial charge in [-0.25, -0.2) is 4.68 Å². The number of benzene rings is 2. The van der Waals surface area contributed by atoms with Gasteiger partial charge in [0.05, 0.1) is 12.2 Å². The minimum absolute atomic E-state index is 0.114. The van der Waals surface area contributed by atoms with Crippen LogP contribution in [0, 0.1) is 0 Å². The molecule has 4 nitrogen and oxygen atoms in total. The van der Waals surface area contributed by atoms with Gasteiger partial charge >= 0.3 is 0 Å². The normalized spacial score (nSPS) is 10.8. The zero-order chi connectivity index (χ0) is 16.4. The van der Waals surface area contributed by atoms with Crippen LogP contribution < -0.4 is 5.56 Å². The van der Waals surface area contributed by atoms with Crippen LogP contribution in [0.5, 0.6) is 0 Å². The first-order chi connectivity index (χ1) is 11.8. The van der Waals surface area contributed by atoms with Crippen LogP contribution in [0.4, 0.5) is 0 Å². The number of rotatable bonds is 3. The Hall–Kier alpha value is -3.27. The Morgan fingerprint density at radius 1 is 0.833 bits per heavy atom. The summed E-state index contributed by atoms with van der Waals surface area (Å²) in [4.78, 5) is 16.1. The SMILES string of the molecule is O=c1ccc(-c2ccc3ccccc3c2)nn1Cc1ccncc1. The molecule has 0 aliphatic rings. The van der Waals surface area contributed by atoms with E-state index >= 15 is 0 Å². The van der Waals surface area contributed by atoms with Gasteiger partial charge < -0.3 is 0 Å². The third-order valence-corrected chi connectivity index (χ3v) is 3.99. The summed E-state index contributed by atoms with van der Waals surface area (Å²) in [5, 5.41) is 6.87. The number of fused-ring (bicyclic) bond motifs is 1. The van der Waals surface area contributed by atoms with Crippen LogP contribution in [0.25, 0.3) is 22.0 Å². The largest absolute Gasteiger partial charge is 0.268 e. The molecule has 0 N–H and O–H groups in total. The Balaban J connectivity index is 1.75. The highest BCUT2D eigenvalue weighted by atomic mass is 16.1. The van der Waals surface area contributed by atoms with Crippen molar-refractivity contribution in [3.05, 3.63) is 95.0 Å². The number of aromatic nitrogens is 3. The van der Waals surface area contributed by atoms with Crippen molar-refractivity contribution < 1.29 is 0 Å². The lowest BCUT2D eigenvalue weighted by atomic mass is 10.1. The Morgan fingerprint density at radius 2 is 1.62 bits per heavy atom. The number of hydrogen-bond acceptors (Lipinski definition) is 3. The van der Waals surface area contributed by atoms with Gasteiger partial charge in [0, 0.05) is 24.0 Å². The monoisotopic (exact) mass is 313 g/mol. The maximum absolute atomic E-state index is 12.1. The van der Waals surface area contributed by atoms with Crippen LogP contribution in [0.2, 0.25) is 0 Å². The fraction of sp³-hybridized carbons (Fsp3) is 0.0500. The summed E-state index contributed by atoms with van der Waals surface area (Å²) in [7, 11) is 0. The third kappa shape index (κ3) is 2.82. The number of nitrogens with zero attached hydrogens (tertiary/aromatic N) is 3. The lowest BCUT2D eigenvalue weighted by Crippen LogP contribution is -2.22. The highest BCUT2D eigenvalue weighted by Gasteiger charge is 2.05. The van der Waals surface area contributed by atoms with Gasteiger partial charge in [-0.2, -0.15) is 5.10 Å². The predicted octanol–water partition coefficient (Wildman–Crippen LogP) is 3.51. The molecule has 4 aromatic rings. The molecule has 0 saturated heterocycles. The van der Waals surface area contributed by atoms with Gasteiger partial charge in [0.25, 0.3) is 5.56 Å². The lowest BCUT2D eigenvalue weighted by molar-refractivity contribution is 0.642. The minimum atomic E-state index is -0.114. The zero-order valence-corrected chi connectivity index (χ0v) is 13.0. The Kier molecular flexibility index (Phi) is 3.63. The molecule has 4 heteroatoms. The second-order valence-corrected chi connectivity index (χ2v) is 5.63. The van der Waals surface area contributed by atoms with E-state index in [1.165, 1.54) is 10.1 Å². The van der Waals surface area contributed by atoms with Crippen LogP contribution in [0.3, 0.4) is 0 Å². The first-order valence-corrected chi connectivity index (χ1v) is 7.76. The minimum Gasteiger partial charge on any atom is -0.268 e. The van der Waals surface area contributed by atoms with Gasteiger partial charge in [0.2, 0.25) is 0 Å². The number of pyridine rings is 1. The van der Waals surface area contributed by atoms with Crippen molar-refractivity contribution in [1.29, 1.82) is 0 Å². The van der Waals surface area contributed by atoms with Crippen LogP contribution in [-0.4, -0.2) is 14.8 Å². The van der Waals surface area contributed by atoms with E-state index in [9.17, 15) is 4.79 Å². The molecule has 0 aliphatic heterocycles. The van der Waals surface area contributed by atoms with Gasteiger partial charge in [-0.3, -0.25) is 9.78 Å². The summed E-state index contributed by atoms with van der Waals surface area (Å²) in [6.07, 6.45) is 3.43. The van der Waals surface area contributed by atoms with Gasteiger partial charge in [0.1, 0.15) is 0 Å². The molecule has 0 fully saturated rings. The summed E-state index contributed by atoms with van der Waals surface area (Å²) < 4.78 is 1.49. The smallest absolute Gasteiger partial charge is 0.267 e. The maximum atomic E-state index is 12.1. The third-order valence-electron chi connectivity index (χ3n) is 3.99. The van der Waals surface area contributed by atoms with Crippen molar-refractivity contribution in [1.82, 2.24) is 14.8 Å². The van der Waals surface area contributed by atoms with E-state index in [4.69, 9.17) is 0 Å². The van der Waals surface area contributed by atoms with E-state index in [0.717, 1.165) is 22.2 Å². The Bertz CT molecular complexity index is 1050. The summed E-state index contributed by atoms with van der Waals surface area (Å²) >= 11 is 0. The zero-order valence-electron chi connectivity index (χ0n) is 13.0. The molecule has 0 bridgehead atoms. The molecular weight excluding hydrogens is 298 g/mol. The second-order valence-electron chi connectivity index (χ2n) is 5.63. The topological polar surface area (TPSA) is 47.8 Å². The predicted molar refractivity (Wildman–Crippen MR) is 94.8 cm³/mol. The fourth-order valence-electron chi connectivity index (χ4n) is 2.73. The lowest BCUT2D eigenvalue weighted by Gasteiger charge is -2.08. The van der Waals surface area contributed by atoms with E-state index in [1.54, 1.807) is 24.5 Å². The second kappa shape index (κ2) is 6.08. The van der Waals surface area contributed by atoms with E-state index in [-0.39, 0.29) is 5.56 Å². The van der Waals surface area contributed by atoms with E-state index < -0.39 is 0 Å². The van der Waals surface area contributed by atoms with E-state index in [2.05, 4.69) is 34.3 Å². The molecule has 0 saturated carbocycles. The molecule has 0 aliphatic carbocycles. The van der Waals surface area contributed by atoms with Crippen LogP contribution >= 0.6 is 0 Å². The van der Waals surface area contributed by atoms with Gasteiger partial charge in [0.15, 0.2) is 0 Å². The molecule has 2 heterocycles.